The molecule has 1 amide bonds. The predicted octanol–water partition coefficient (Wildman–Crippen LogP) is 3.39. The molecule has 0 saturated heterocycles. The molecule has 0 atom stereocenters. The van der Waals surface area contributed by atoms with Crippen LogP contribution in [0.5, 0.6) is 0 Å². The van der Waals surface area contributed by atoms with Crippen molar-refractivity contribution in [2.45, 2.75) is 25.2 Å². The summed E-state index contributed by atoms with van der Waals surface area (Å²) in [6.45, 7) is 3.89. The van der Waals surface area contributed by atoms with Crippen LogP contribution in [0.15, 0.2) is 35.2 Å². The van der Waals surface area contributed by atoms with Crippen LogP contribution in [0.4, 0.5) is 0 Å². The molecule has 2 aromatic rings. The highest BCUT2D eigenvalue weighted by atomic mass is 35.5. The van der Waals surface area contributed by atoms with E-state index < -0.39 is 15.9 Å². The molecule has 0 aliphatic carbocycles. The first kappa shape index (κ1) is 16.0. The molecule has 0 saturated carbocycles. The van der Waals surface area contributed by atoms with Gasteiger partial charge in [-0.2, -0.15) is 0 Å². The molecule has 4 nitrogen and oxygen atoms in total. The zero-order valence-electron chi connectivity index (χ0n) is 11.5. The lowest BCUT2D eigenvalue weighted by molar-refractivity contribution is 0.0985. The molecule has 0 unspecified atom stereocenters. The molecule has 1 aromatic carbocycles. The van der Waals surface area contributed by atoms with Gasteiger partial charge in [0.1, 0.15) is 0 Å². The van der Waals surface area contributed by atoms with Gasteiger partial charge in [0.15, 0.2) is 0 Å². The molecule has 0 bridgehead atoms. The summed E-state index contributed by atoms with van der Waals surface area (Å²) in [7, 11) is -3.89. The van der Waals surface area contributed by atoms with Crippen LogP contribution in [-0.2, 0) is 16.4 Å². The SMILES string of the molecule is CCc1sc(C(=O)NS(=O)(=O)c2ccc(Cl)cc2)cc1C. The molecule has 1 aromatic heterocycles. The minimum atomic E-state index is -3.89. The van der Waals surface area contributed by atoms with Crippen molar-refractivity contribution in [3.05, 3.63) is 50.7 Å². The number of hydrogen-bond acceptors (Lipinski definition) is 4. The molecule has 0 radical (unpaired) electrons. The van der Waals surface area contributed by atoms with E-state index in [1.165, 1.54) is 35.6 Å². The number of carbonyl (C=O) groups excluding carboxylic acids is 1. The Hall–Kier alpha value is -1.37. The van der Waals surface area contributed by atoms with Crippen LogP contribution in [0.3, 0.4) is 0 Å². The zero-order chi connectivity index (χ0) is 15.6. The number of thiophene rings is 1. The molecular weight excluding hydrogens is 330 g/mol. The average Bonchev–Trinajstić information content (AvgIpc) is 2.80. The van der Waals surface area contributed by atoms with E-state index in [4.69, 9.17) is 11.6 Å². The van der Waals surface area contributed by atoms with E-state index in [0.29, 0.717) is 9.90 Å². The van der Waals surface area contributed by atoms with E-state index in [9.17, 15) is 13.2 Å². The smallest absolute Gasteiger partial charge is 0.267 e. The molecule has 0 spiro atoms. The fourth-order valence-electron chi connectivity index (χ4n) is 1.83. The van der Waals surface area contributed by atoms with Crippen molar-refractivity contribution in [3.8, 4) is 0 Å². The van der Waals surface area contributed by atoms with Crippen LogP contribution in [-0.4, -0.2) is 14.3 Å². The Morgan fingerprint density at radius 1 is 1.29 bits per heavy atom. The average molecular weight is 344 g/mol. The van der Waals surface area contributed by atoms with Gasteiger partial charge in [0.25, 0.3) is 15.9 Å². The zero-order valence-corrected chi connectivity index (χ0v) is 13.9. The van der Waals surface area contributed by atoms with E-state index in [2.05, 4.69) is 4.72 Å². The quantitative estimate of drug-likeness (QED) is 0.925. The summed E-state index contributed by atoms with van der Waals surface area (Å²) in [5.74, 6) is -0.613. The van der Waals surface area contributed by atoms with Crippen LogP contribution in [0.2, 0.25) is 5.02 Å². The topological polar surface area (TPSA) is 63.2 Å². The summed E-state index contributed by atoms with van der Waals surface area (Å²) in [6.07, 6.45) is 0.813. The van der Waals surface area contributed by atoms with Gasteiger partial charge in [-0.25, -0.2) is 13.1 Å². The number of benzene rings is 1. The van der Waals surface area contributed by atoms with Crippen LogP contribution >= 0.6 is 22.9 Å². The molecular formula is C14H14ClNO3S2. The third-order valence-corrected chi connectivity index (χ3v) is 5.90. The van der Waals surface area contributed by atoms with Crippen molar-refractivity contribution >= 4 is 38.9 Å². The van der Waals surface area contributed by atoms with Crippen molar-refractivity contribution in [2.75, 3.05) is 0 Å². The summed E-state index contributed by atoms with van der Waals surface area (Å²) >= 11 is 7.03. The van der Waals surface area contributed by atoms with E-state index >= 15 is 0 Å². The Labute approximate surface area is 132 Å². The second-order valence-corrected chi connectivity index (χ2v) is 7.71. The molecule has 7 heteroatoms. The summed E-state index contributed by atoms with van der Waals surface area (Å²) in [5.41, 5.74) is 0.997. The molecule has 0 aliphatic heterocycles. The number of rotatable bonds is 4. The largest absolute Gasteiger partial charge is 0.275 e. The third-order valence-electron chi connectivity index (χ3n) is 2.92. The molecule has 1 heterocycles. The Balaban J connectivity index is 2.23. The Kier molecular flexibility index (Phi) is 4.70. The number of sulfonamides is 1. The second kappa shape index (κ2) is 6.17. The van der Waals surface area contributed by atoms with Gasteiger partial charge in [-0.15, -0.1) is 11.3 Å². The van der Waals surface area contributed by atoms with Crippen molar-refractivity contribution in [2.24, 2.45) is 0 Å². The Morgan fingerprint density at radius 3 is 2.43 bits per heavy atom. The molecule has 0 fully saturated rings. The first-order valence-corrected chi connectivity index (χ1v) is 8.93. The van der Waals surface area contributed by atoms with Crippen molar-refractivity contribution in [1.82, 2.24) is 4.72 Å². The van der Waals surface area contributed by atoms with E-state index in [1.807, 2.05) is 13.8 Å². The highest BCUT2D eigenvalue weighted by Crippen LogP contribution is 2.23. The van der Waals surface area contributed by atoms with Gasteiger partial charge in [0.2, 0.25) is 0 Å². The van der Waals surface area contributed by atoms with Gasteiger partial charge in [-0.05, 0) is 49.2 Å². The first-order chi connectivity index (χ1) is 9.83. The molecule has 21 heavy (non-hydrogen) atoms. The van der Waals surface area contributed by atoms with E-state index in [-0.39, 0.29) is 4.90 Å². The Morgan fingerprint density at radius 2 is 1.90 bits per heavy atom. The van der Waals surface area contributed by atoms with Crippen LogP contribution in [0.1, 0.15) is 27.0 Å². The fraction of sp³-hybridized carbons (Fsp3) is 0.214. The lowest BCUT2D eigenvalue weighted by Crippen LogP contribution is -2.29. The van der Waals surface area contributed by atoms with Gasteiger partial charge in [0.05, 0.1) is 9.77 Å². The summed E-state index contributed by atoms with van der Waals surface area (Å²) in [4.78, 5) is 13.5. The minimum absolute atomic E-state index is 0.00393. The van der Waals surface area contributed by atoms with Gasteiger partial charge in [-0.1, -0.05) is 18.5 Å². The van der Waals surface area contributed by atoms with Crippen LogP contribution < -0.4 is 4.72 Å². The van der Waals surface area contributed by atoms with E-state index in [1.54, 1.807) is 6.07 Å². The number of hydrogen-bond donors (Lipinski definition) is 1. The summed E-state index contributed by atoms with van der Waals surface area (Å²) in [6, 6.07) is 7.34. The monoisotopic (exact) mass is 343 g/mol. The number of carbonyl (C=O) groups is 1. The maximum Gasteiger partial charge on any atom is 0.275 e. The van der Waals surface area contributed by atoms with Crippen LogP contribution in [0, 0.1) is 6.92 Å². The maximum absolute atomic E-state index is 12.1. The lowest BCUT2D eigenvalue weighted by atomic mass is 10.2. The van der Waals surface area contributed by atoms with E-state index in [0.717, 1.165) is 16.9 Å². The van der Waals surface area contributed by atoms with Crippen molar-refractivity contribution < 1.29 is 13.2 Å². The number of nitrogens with one attached hydrogen (secondary N) is 1. The Bertz CT molecular complexity index is 764. The summed E-state index contributed by atoms with van der Waals surface area (Å²) < 4.78 is 26.3. The van der Waals surface area contributed by atoms with Gasteiger partial charge < -0.3 is 0 Å². The number of aryl methyl sites for hydroxylation is 2. The first-order valence-electron chi connectivity index (χ1n) is 6.25. The number of amides is 1. The van der Waals surface area contributed by atoms with Crippen molar-refractivity contribution in [1.29, 1.82) is 0 Å². The van der Waals surface area contributed by atoms with Crippen LogP contribution in [0.25, 0.3) is 0 Å². The van der Waals surface area contributed by atoms with Gasteiger partial charge in [-0.3, -0.25) is 4.79 Å². The highest BCUT2D eigenvalue weighted by Gasteiger charge is 2.20. The number of halogens is 1. The van der Waals surface area contributed by atoms with Crippen molar-refractivity contribution in [3.63, 3.8) is 0 Å². The predicted molar refractivity (Wildman–Crippen MR) is 84.5 cm³/mol. The van der Waals surface area contributed by atoms with Gasteiger partial charge >= 0.3 is 0 Å². The second-order valence-electron chi connectivity index (χ2n) is 4.46. The molecule has 2 rings (SSSR count). The third kappa shape index (κ3) is 3.64. The highest BCUT2D eigenvalue weighted by molar-refractivity contribution is 7.90. The molecule has 112 valence electrons. The molecule has 1 N–H and O–H groups in total. The normalized spacial score (nSPS) is 11.4. The summed E-state index contributed by atoms with van der Waals surface area (Å²) in [5, 5.41) is 0.432. The minimum Gasteiger partial charge on any atom is -0.267 e. The fourth-order valence-corrected chi connectivity index (χ4v) is 3.99. The van der Waals surface area contributed by atoms with Gasteiger partial charge in [0, 0.05) is 9.90 Å². The standard InChI is InChI=1S/C14H14ClNO3S2/c1-3-12-9(2)8-13(20-12)14(17)16-21(18,19)11-6-4-10(15)5-7-11/h4-8H,3H2,1-2H3,(H,16,17). The maximum atomic E-state index is 12.1. The lowest BCUT2D eigenvalue weighted by Gasteiger charge is -2.05. The molecule has 0 aliphatic rings.